The lowest BCUT2D eigenvalue weighted by atomic mass is 9.89. The molecule has 1 unspecified atom stereocenters. The van der Waals surface area contributed by atoms with E-state index < -0.39 is 0 Å². The van der Waals surface area contributed by atoms with Gasteiger partial charge in [-0.2, -0.15) is 0 Å². The van der Waals surface area contributed by atoms with Crippen LogP contribution in [0, 0.1) is 5.92 Å². The molecule has 5 rings (SSSR count). The minimum Gasteiger partial charge on any atom is -0.218 e. The number of amides is 1. The van der Waals surface area contributed by atoms with Crippen LogP contribution in [-0.4, -0.2) is 5.91 Å². The van der Waals surface area contributed by atoms with Crippen LogP contribution in [0.1, 0.15) is 0 Å². The lowest BCUT2D eigenvalue weighted by Crippen LogP contribution is -2.51. The quantitative estimate of drug-likeness (QED) is 0.556. The van der Waals surface area contributed by atoms with E-state index in [4.69, 9.17) is 0 Å². The first kappa shape index (κ1) is 14.9. The number of hydrogen-bond donors (Lipinski definition) is 0. The molecule has 0 spiro atoms. The number of allylic oxidation sites excluding steroid dienone is 3. The Kier molecular flexibility index (Phi) is 3.27. The second-order valence-corrected chi connectivity index (χ2v) is 8.78. The lowest BCUT2D eigenvalue weighted by molar-refractivity contribution is -0.123. The van der Waals surface area contributed by atoms with Crippen molar-refractivity contribution < 1.29 is 4.79 Å². The van der Waals surface area contributed by atoms with Gasteiger partial charge in [-0.05, 0) is 29.8 Å². The largest absolute Gasteiger partial charge is 0.404 e. The highest BCUT2D eigenvalue weighted by molar-refractivity contribution is 9.10. The highest BCUT2D eigenvalue weighted by atomic mass is 79.9. The smallest absolute Gasteiger partial charge is 0.218 e. The van der Waals surface area contributed by atoms with Gasteiger partial charge in [0.1, 0.15) is 5.92 Å². The number of benzene rings is 2. The van der Waals surface area contributed by atoms with Crippen molar-refractivity contribution in [1.29, 1.82) is 0 Å². The molecule has 0 N–H and O–H groups in total. The normalized spacial score (nSPS) is 19.9. The topological polar surface area (TPSA) is 20.1 Å². The average molecular weight is 460 g/mol. The van der Waals surface area contributed by atoms with Crippen LogP contribution in [0.2, 0.25) is 0 Å². The molecule has 0 radical (unpaired) electrons. The zero-order chi connectivity index (χ0) is 16.4. The summed E-state index contributed by atoms with van der Waals surface area (Å²) in [6.07, 6.45) is 8.01. The fraction of sp³-hybridized carbons (Fsp3) is 0.0526. The number of rotatable bonds is 0. The van der Waals surface area contributed by atoms with Gasteiger partial charge in [0.15, 0.2) is 0 Å². The maximum absolute atomic E-state index is 13.3. The zero-order valence-electron chi connectivity index (χ0n) is 12.3. The predicted octanol–water partition coefficient (Wildman–Crippen LogP) is 3.93. The first-order valence-corrected chi connectivity index (χ1v) is 9.91. The Balaban J connectivity index is 2.02. The Bertz CT molecular complexity index is 1130. The zero-order valence-corrected chi connectivity index (χ0v) is 16.3. The highest BCUT2D eigenvalue weighted by Gasteiger charge is 2.41. The summed E-state index contributed by atoms with van der Waals surface area (Å²) in [5, 5.41) is 2.14. The van der Waals surface area contributed by atoms with Crippen LogP contribution in [0.5, 0.6) is 0 Å². The Morgan fingerprint density at radius 1 is 1.00 bits per heavy atom. The first-order valence-electron chi connectivity index (χ1n) is 7.50. The number of carbonyl (C=O) groups is 1. The van der Waals surface area contributed by atoms with Crippen molar-refractivity contribution in [1.82, 2.24) is 4.58 Å². The van der Waals surface area contributed by atoms with Crippen molar-refractivity contribution in [2.75, 3.05) is 0 Å². The van der Waals surface area contributed by atoms with Gasteiger partial charge in [0.05, 0.1) is 15.0 Å². The number of fused-ring (bicyclic) bond motifs is 3. The van der Waals surface area contributed by atoms with Gasteiger partial charge in [0.25, 0.3) is 0 Å². The maximum Gasteiger partial charge on any atom is 0.404 e. The van der Waals surface area contributed by atoms with Crippen LogP contribution in [0.15, 0.2) is 73.4 Å². The van der Waals surface area contributed by atoms with Crippen LogP contribution >= 0.6 is 43.6 Å². The fourth-order valence-corrected chi connectivity index (χ4v) is 5.77. The molecule has 5 heteroatoms. The van der Waals surface area contributed by atoms with Crippen LogP contribution < -0.4 is 15.2 Å². The summed E-state index contributed by atoms with van der Waals surface area (Å²) in [7, 11) is 0. The third kappa shape index (κ3) is 2.01. The van der Waals surface area contributed by atoms with Crippen molar-refractivity contribution in [2.24, 2.45) is 5.92 Å². The molecule has 3 aliphatic rings. The molecule has 0 aromatic heterocycles. The number of halogens is 2. The summed E-state index contributed by atoms with van der Waals surface area (Å²) in [6, 6.07) is 10.3. The van der Waals surface area contributed by atoms with Gasteiger partial charge in [-0.15, -0.1) is 4.58 Å². The molecule has 0 fully saturated rings. The van der Waals surface area contributed by atoms with Crippen LogP contribution in [0.4, 0.5) is 5.69 Å². The molecule has 0 saturated heterocycles. The van der Waals surface area contributed by atoms with Gasteiger partial charge in [-0.25, -0.2) is 4.79 Å². The molecule has 2 aromatic carbocycles. The van der Waals surface area contributed by atoms with E-state index in [9.17, 15) is 4.79 Å². The van der Waals surface area contributed by atoms with Gasteiger partial charge in [0, 0.05) is 15.0 Å². The molecule has 0 bridgehead atoms. The molecular formula is C19H10Br2NOS+. The summed E-state index contributed by atoms with van der Waals surface area (Å²) < 4.78 is 3.95. The van der Waals surface area contributed by atoms with Gasteiger partial charge < -0.3 is 0 Å². The van der Waals surface area contributed by atoms with Crippen molar-refractivity contribution in [3.8, 4) is 0 Å². The molecule has 2 aliphatic heterocycles. The van der Waals surface area contributed by atoms with Gasteiger partial charge >= 0.3 is 5.91 Å². The minimum absolute atomic E-state index is 0.116. The summed E-state index contributed by atoms with van der Waals surface area (Å²) in [5.74, 6) is -0.102. The van der Waals surface area contributed by atoms with Gasteiger partial charge in [0.2, 0.25) is 11.0 Å². The summed E-state index contributed by atoms with van der Waals surface area (Å²) in [4.78, 5) is 15.5. The first-order chi connectivity index (χ1) is 11.6. The van der Waals surface area contributed by atoms with Crippen LogP contribution in [0.25, 0.3) is 5.57 Å². The van der Waals surface area contributed by atoms with E-state index in [2.05, 4.69) is 56.1 Å². The van der Waals surface area contributed by atoms with Crippen LogP contribution in [-0.2, 0) is 4.79 Å². The molecule has 2 heterocycles. The van der Waals surface area contributed by atoms with E-state index in [0.29, 0.717) is 0 Å². The monoisotopic (exact) mass is 458 g/mol. The number of nitrogens with zero attached hydrogens (tertiary/aromatic N) is 1. The molecule has 24 heavy (non-hydrogen) atoms. The Morgan fingerprint density at radius 2 is 1.83 bits per heavy atom. The number of carbonyl (C=O) groups excluding carboxylic acids is 1. The average Bonchev–Trinajstić information content (AvgIpc) is 2.57. The molecule has 0 saturated carbocycles. The molecule has 116 valence electrons. The molecule has 2 nitrogen and oxygen atoms in total. The summed E-state index contributed by atoms with van der Waals surface area (Å²) in [6.45, 7) is 0. The predicted molar refractivity (Wildman–Crippen MR) is 103 cm³/mol. The second-order valence-electron chi connectivity index (χ2n) is 5.86. The van der Waals surface area contributed by atoms with E-state index in [1.807, 2.05) is 34.9 Å². The highest BCUT2D eigenvalue weighted by Crippen LogP contribution is 2.39. The summed E-state index contributed by atoms with van der Waals surface area (Å²) in [5.41, 5.74) is 2.05. The Hall–Kier alpha value is -1.43. The van der Waals surface area contributed by atoms with E-state index >= 15 is 0 Å². The standard InChI is InChI=1S/C19H10Br2NOS/c20-10-5-6-15-16(8-10)24-17-9-11(21)7-14-12-3-1-2-4-13(12)19(23)22(15)18(14)17/h1-9,13H/q+1. The molecular weight excluding hydrogens is 450 g/mol. The number of hydrogen-bond acceptors (Lipinski definition) is 2. The van der Waals surface area contributed by atoms with E-state index in [0.717, 1.165) is 40.6 Å². The SMILES string of the molecule is O=C1C2C=CC=CC2=c2cc(Br)cc3c2=[N+]1c1ccc(Br)cc1S3. The third-order valence-electron chi connectivity index (χ3n) is 4.47. The van der Waals surface area contributed by atoms with Gasteiger partial charge in [-0.1, -0.05) is 67.9 Å². The fourth-order valence-electron chi connectivity index (χ4n) is 3.48. The lowest BCUT2D eigenvalue weighted by Gasteiger charge is -2.22. The third-order valence-corrected chi connectivity index (χ3v) is 6.50. The molecule has 1 amide bonds. The Morgan fingerprint density at radius 3 is 2.71 bits per heavy atom. The van der Waals surface area contributed by atoms with Crippen molar-refractivity contribution >= 4 is 60.8 Å². The molecule has 2 aromatic rings. The maximum atomic E-state index is 13.3. The summed E-state index contributed by atoms with van der Waals surface area (Å²) >= 11 is 8.88. The van der Waals surface area contributed by atoms with E-state index in [1.165, 1.54) is 0 Å². The van der Waals surface area contributed by atoms with Crippen molar-refractivity contribution in [3.05, 3.63) is 74.2 Å². The van der Waals surface area contributed by atoms with E-state index in [-0.39, 0.29) is 11.8 Å². The van der Waals surface area contributed by atoms with Crippen molar-refractivity contribution in [3.63, 3.8) is 0 Å². The van der Waals surface area contributed by atoms with E-state index in [1.54, 1.807) is 11.8 Å². The Labute approximate surface area is 159 Å². The van der Waals surface area contributed by atoms with Crippen molar-refractivity contribution in [2.45, 2.75) is 9.79 Å². The van der Waals surface area contributed by atoms with Crippen LogP contribution in [0.3, 0.4) is 0 Å². The molecule has 1 atom stereocenters. The minimum atomic E-state index is -0.218. The second kappa shape index (κ2) is 5.28. The van der Waals surface area contributed by atoms with Gasteiger partial charge in [-0.3, -0.25) is 0 Å². The molecule has 1 aliphatic carbocycles.